The van der Waals surface area contributed by atoms with Gasteiger partial charge in [0.2, 0.25) is 0 Å². The lowest BCUT2D eigenvalue weighted by Crippen LogP contribution is -2.49. The number of allylic oxidation sites excluding steroid dienone is 1. The third-order valence-electron chi connectivity index (χ3n) is 8.08. The summed E-state index contributed by atoms with van der Waals surface area (Å²) >= 11 is 0. The van der Waals surface area contributed by atoms with E-state index in [9.17, 15) is 5.11 Å². The number of rotatable bonds is 1. The predicted molar refractivity (Wildman–Crippen MR) is 99.7 cm³/mol. The Kier molecular flexibility index (Phi) is 5.47. The average Bonchev–Trinajstić information content (AvgIpc) is 2.97. The molecular formula is C22H38O2. The molecule has 0 radical (unpaired) electrons. The number of fused-ring (bicyclic) bond motifs is 5. The van der Waals surface area contributed by atoms with Gasteiger partial charge >= 0.3 is 0 Å². The molecule has 3 fully saturated rings. The number of hydrogen-bond acceptors (Lipinski definition) is 2. The Morgan fingerprint density at radius 3 is 2.54 bits per heavy atom. The van der Waals surface area contributed by atoms with Crippen LogP contribution in [0.4, 0.5) is 0 Å². The second kappa shape index (κ2) is 7.11. The van der Waals surface area contributed by atoms with Crippen molar-refractivity contribution in [2.24, 2.45) is 28.6 Å². The fourth-order valence-corrected chi connectivity index (χ4v) is 6.63. The van der Waals surface area contributed by atoms with Crippen LogP contribution in [0.1, 0.15) is 85.0 Å². The minimum atomic E-state index is -0.0637. The van der Waals surface area contributed by atoms with E-state index in [-0.39, 0.29) is 6.10 Å². The van der Waals surface area contributed by atoms with Gasteiger partial charge in [0.25, 0.3) is 0 Å². The number of aliphatic hydroxyl groups excluding tert-OH is 2. The molecule has 4 unspecified atom stereocenters. The van der Waals surface area contributed by atoms with Gasteiger partial charge in [-0.2, -0.15) is 0 Å². The van der Waals surface area contributed by atoms with E-state index in [4.69, 9.17) is 5.11 Å². The number of hydrogen-bond donors (Lipinski definition) is 2. The maximum Gasteiger partial charge on any atom is 0.0577 e. The van der Waals surface area contributed by atoms with Gasteiger partial charge in [-0.1, -0.05) is 38.8 Å². The van der Waals surface area contributed by atoms with Crippen LogP contribution in [0, 0.1) is 28.6 Å². The lowest BCUT2D eigenvalue weighted by atomic mass is 9.48. The molecule has 2 heteroatoms. The molecule has 0 amide bonds. The third kappa shape index (κ3) is 3.09. The topological polar surface area (TPSA) is 40.5 Å². The van der Waals surface area contributed by atoms with Crippen LogP contribution in [0.2, 0.25) is 0 Å². The molecular weight excluding hydrogens is 296 g/mol. The Morgan fingerprint density at radius 2 is 1.83 bits per heavy atom. The summed E-state index contributed by atoms with van der Waals surface area (Å²) in [6.45, 7) is 7.35. The Bertz CT molecular complexity index is 469. The molecule has 24 heavy (non-hydrogen) atoms. The second-order valence-corrected chi connectivity index (χ2v) is 9.46. The summed E-state index contributed by atoms with van der Waals surface area (Å²) in [5, 5.41) is 17.9. The summed E-state index contributed by atoms with van der Waals surface area (Å²) < 4.78 is 0. The van der Waals surface area contributed by atoms with Crippen molar-refractivity contribution >= 4 is 0 Å². The largest absolute Gasteiger partial charge is 0.396 e. The maximum atomic E-state index is 10.0. The number of aliphatic hydroxyl groups is 2. The first-order valence-electron chi connectivity index (χ1n) is 10.4. The molecule has 0 bridgehead atoms. The maximum absolute atomic E-state index is 10.0. The minimum absolute atomic E-state index is 0.0637. The molecule has 4 aliphatic rings. The highest BCUT2D eigenvalue weighted by atomic mass is 16.3. The van der Waals surface area contributed by atoms with Crippen molar-refractivity contribution in [1.29, 1.82) is 0 Å². The van der Waals surface area contributed by atoms with Crippen molar-refractivity contribution in [1.82, 2.24) is 0 Å². The SMILES string of the molecule is CCCO.C[C@@]12CCCC1C1CC=C3CC(O)CC[C@]3(C)C1CC2. The Balaban J connectivity index is 0.000000383. The van der Waals surface area contributed by atoms with Crippen LogP contribution in [0.5, 0.6) is 0 Å². The first-order valence-corrected chi connectivity index (χ1v) is 10.4. The summed E-state index contributed by atoms with van der Waals surface area (Å²) in [5.74, 6) is 2.84. The van der Waals surface area contributed by atoms with E-state index < -0.39 is 0 Å². The molecule has 2 nitrogen and oxygen atoms in total. The Morgan fingerprint density at radius 1 is 1.08 bits per heavy atom. The fourth-order valence-electron chi connectivity index (χ4n) is 6.63. The molecule has 0 saturated heterocycles. The van der Waals surface area contributed by atoms with E-state index in [2.05, 4.69) is 19.9 Å². The van der Waals surface area contributed by atoms with Crippen LogP contribution in [-0.2, 0) is 0 Å². The Hall–Kier alpha value is -0.340. The summed E-state index contributed by atoms with van der Waals surface area (Å²) in [6, 6.07) is 0. The first-order chi connectivity index (χ1) is 11.4. The molecule has 0 aromatic carbocycles. The smallest absolute Gasteiger partial charge is 0.0577 e. The van der Waals surface area contributed by atoms with Gasteiger partial charge in [0.05, 0.1) is 6.10 Å². The van der Waals surface area contributed by atoms with Gasteiger partial charge in [0, 0.05) is 6.61 Å². The van der Waals surface area contributed by atoms with Crippen molar-refractivity contribution in [2.45, 2.75) is 91.1 Å². The van der Waals surface area contributed by atoms with Crippen molar-refractivity contribution in [3.63, 3.8) is 0 Å². The van der Waals surface area contributed by atoms with Gasteiger partial charge in [0.15, 0.2) is 0 Å². The highest BCUT2D eigenvalue weighted by molar-refractivity contribution is 5.25. The molecule has 0 spiro atoms. The molecule has 3 saturated carbocycles. The zero-order valence-electron chi connectivity index (χ0n) is 16.1. The van der Waals surface area contributed by atoms with Crippen LogP contribution in [0.25, 0.3) is 0 Å². The van der Waals surface area contributed by atoms with Crippen LogP contribution >= 0.6 is 0 Å². The van der Waals surface area contributed by atoms with E-state index in [1.165, 1.54) is 44.9 Å². The van der Waals surface area contributed by atoms with E-state index in [0.29, 0.717) is 17.4 Å². The van der Waals surface area contributed by atoms with Gasteiger partial charge in [-0.05, 0) is 86.4 Å². The van der Waals surface area contributed by atoms with Gasteiger partial charge in [-0.3, -0.25) is 0 Å². The van der Waals surface area contributed by atoms with Gasteiger partial charge < -0.3 is 10.2 Å². The van der Waals surface area contributed by atoms with Gasteiger partial charge in [0.1, 0.15) is 0 Å². The van der Waals surface area contributed by atoms with Crippen molar-refractivity contribution in [3.8, 4) is 0 Å². The lowest BCUT2D eigenvalue weighted by molar-refractivity contribution is -0.0360. The van der Waals surface area contributed by atoms with Crippen LogP contribution in [0.3, 0.4) is 0 Å². The summed E-state index contributed by atoms with van der Waals surface area (Å²) in [4.78, 5) is 0. The molecule has 6 atom stereocenters. The van der Waals surface area contributed by atoms with E-state index in [0.717, 1.165) is 37.0 Å². The standard InChI is InChI=1S/C19H30O.C3H8O/c1-18-9-3-4-16(18)15-6-5-13-12-14(20)7-11-19(13,2)17(15)8-10-18;1-2-3-4/h5,14-17,20H,3-4,6-12H2,1-2H3;4H,2-3H2,1H3/t14?,15?,16?,17?,18-,19-;/m0./s1. The normalized spacial score (nSPS) is 46.8. The van der Waals surface area contributed by atoms with Crippen molar-refractivity contribution in [2.75, 3.05) is 6.61 Å². The summed E-state index contributed by atoms with van der Waals surface area (Å²) in [6.07, 6.45) is 15.2. The molecule has 0 aliphatic heterocycles. The van der Waals surface area contributed by atoms with E-state index in [1.54, 1.807) is 5.57 Å². The third-order valence-corrected chi connectivity index (χ3v) is 8.08. The quantitative estimate of drug-likeness (QED) is 0.656. The minimum Gasteiger partial charge on any atom is -0.396 e. The van der Waals surface area contributed by atoms with Gasteiger partial charge in [-0.15, -0.1) is 0 Å². The zero-order valence-corrected chi connectivity index (χ0v) is 16.1. The molecule has 2 N–H and O–H groups in total. The lowest BCUT2D eigenvalue weighted by Gasteiger charge is -2.57. The molecule has 0 heterocycles. The highest BCUT2D eigenvalue weighted by Crippen LogP contribution is 2.64. The van der Waals surface area contributed by atoms with Crippen LogP contribution in [-0.4, -0.2) is 22.9 Å². The molecule has 0 aromatic rings. The zero-order chi connectivity index (χ0) is 17.4. The summed E-state index contributed by atoms with van der Waals surface area (Å²) in [7, 11) is 0. The van der Waals surface area contributed by atoms with Crippen molar-refractivity contribution in [3.05, 3.63) is 11.6 Å². The predicted octanol–water partition coefficient (Wildman–Crippen LogP) is 5.09. The summed E-state index contributed by atoms with van der Waals surface area (Å²) in [5.41, 5.74) is 2.70. The Labute approximate surface area is 148 Å². The second-order valence-electron chi connectivity index (χ2n) is 9.46. The van der Waals surface area contributed by atoms with Gasteiger partial charge in [-0.25, -0.2) is 0 Å². The van der Waals surface area contributed by atoms with E-state index >= 15 is 0 Å². The average molecular weight is 335 g/mol. The van der Waals surface area contributed by atoms with Crippen LogP contribution < -0.4 is 0 Å². The molecule has 4 aliphatic carbocycles. The fraction of sp³-hybridized carbons (Fsp3) is 0.909. The molecule has 4 rings (SSSR count). The molecule has 138 valence electrons. The van der Waals surface area contributed by atoms with Crippen molar-refractivity contribution < 1.29 is 10.2 Å². The first kappa shape index (κ1) is 18.5. The monoisotopic (exact) mass is 334 g/mol. The van der Waals surface area contributed by atoms with E-state index in [1.807, 2.05) is 6.92 Å². The highest BCUT2D eigenvalue weighted by Gasteiger charge is 2.55. The van der Waals surface area contributed by atoms with Crippen LogP contribution in [0.15, 0.2) is 11.6 Å². The molecule has 0 aromatic heterocycles.